The van der Waals surface area contributed by atoms with Gasteiger partial charge in [0.05, 0.1) is 0 Å². The zero-order chi connectivity index (χ0) is 13.5. The first-order chi connectivity index (χ1) is 8.58. The summed E-state index contributed by atoms with van der Waals surface area (Å²) in [6.07, 6.45) is 14.4. The van der Waals surface area contributed by atoms with Gasteiger partial charge in [0.1, 0.15) is 0 Å². The molecule has 0 saturated heterocycles. The molecular formula is C16H25NS. The Kier molecular flexibility index (Phi) is 6.51. The first-order valence-corrected chi connectivity index (χ1v) is 7.73. The van der Waals surface area contributed by atoms with Crippen molar-refractivity contribution in [1.82, 2.24) is 4.90 Å². The maximum absolute atomic E-state index is 4.29. The largest absolute Gasteiger partial charge is 0.303 e. The van der Waals surface area contributed by atoms with E-state index in [2.05, 4.69) is 63.1 Å². The average Bonchev–Trinajstić information content (AvgIpc) is 2.38. The van der Waals surface area contributed by atoms with E-state index in [-0.39, 0.29) is 0 Å². The Morgan fingerprint density at radius 1 is 1.56 bits per heavy atom. The maximum atomic E-state index is 4.29. The molecule has 0 amide bonds. The summed E-state index contributed by atoms with van der Waals surface area (Å²) in [6, 6.07) is 0.451. The van der Waals surface area contributed by atoms with Crippen LogP contribution >= 0.6 is 11.8 Å². The minimum Gasteiger partial charge on any atom is -0.303 e. The van der Waals surface area contributed by atoms with Crippen molar-refractivity contribution in [3.05, 3.63) is 46.9 Å². The van der Waals surface area contributed by atoms with E-state index in [4.69, 9.17) is 0 Å². The maximum Gasteiger partial charge on any atom is 0.0312 e. The highest BCUT2D eigenvalue weighted by Crippen LogP contribution is 2.29. The molecule has 0 bridgehead atoms. The molecule has 1 atom stereocenters. The van der Waals surface area contributed by atoms with Crippen LogP contribution in [0.2, 0.25) is 0 Å². The molecule has 0 aromatic carbocycles. The predicted molar refractivity (Wildman–Crippen MR) is 85.0 cm³/mol. The van der Waals surface area contributed by atoms with E-state index in [9.17, 15) is 0 Å². The van der Waals surface area contributed by atoms with Gasteiger partial charge in [-0.2, -0.15) is 0 Å². The minimum atomic E-state index is 0.451. The highest BCUT2D eigenvalue weighted by atomic mass is 32.2. The topological polar surface area (TPSA) is 3.24 Å². The normalized spacial score (nSPS) is 17.8. The molecular weight excluding hydrogens is 238 g/mol. The van der Waals surface area contributed by atoms with Crippen LogP contribution in [0.1, 0.15) is 26.2 Å². The zero-order valence-corrected chi connectivity index (χ0v) is 12.9. The standard InChI is InChI=1S/C16H25NS/c1-6-8-15(17(3)4)11-13(2)14-9-7-10-16(12-14)18-5/h6,8,10,12,15H,2,7,9,11H2,1,3-5H3/b8-6-. The Bertz CT molecular complexity index is 375. The van der Waals surface area contributed by atoms with Crippen molar-refractivity contribution in [3.63, 3.8) is 0 Å². The number of thioether (sulfide) groups is 1. The van der Waals surface area contributed by atoms with Gasteiger partial charge >= 0.3 is 0 Å². The van der Waals surface area contributed by atoms with Crippen molar-refractivity contribution in [2.45, 2.75) is 32.2 Å². The van der Waals surface area contributed by atoms with Gasteiger partial charge in [-0.15, -0.1) is 11.8 Å². The van der Waals surface area contributed by atoms with Crippen LogP contribution in [0.5, 0.6) is 0 Å². The second kappa shape index (κ2) is 7.65. The highest BCUT2D eigenvalue weighted by Gasteiger charge is 2.13. The lowest BCUT2D eigenvalue weighted by Crippen LogP contribution is -2.26. The van der Waals surface area contributed by atoms with Crippen molar-refractivity contribution in [3.8, 4) is 0 Å². The lowest BCUT2D eigenvalue weighted by molar-refractivity contribution is 0.341. The van der Waals surface area contributed by atoms with E-state index in [0.29, 0.717) is 6.04 Å². The molecule has 100 valence electrons. The van der Waals surface area contributed by atoms with Crippen molar-refractivity contribution in [2.24, 2.45) is 0 Å². The molecule has 0 aromatic rings. The van der Waals surface area contributed by atoms with Gasteiger partial charge < -0.3 is 4.90 Å². The van der Waals surface area contributed by atoms with E-state index in [1.165, 1.54) is 16.1 Å². The molecule has 0 spiro atoms. The number of rotatable bonds is 6. The number of hydrogen-bond donors (Lipinski definition) is 0. The molecule has 1 aliphatic carbocycles. The van der Waals surface area contributed by atoms with Crippen LogP contribution in [0.3, 0.4) is 0 Å². The monoisotopic (exact) mass is 263 g/mol. The molecule has 0 aliphatic heterocycles. The lowest BCUT2D eigenvalue weighted by atomic mass is 9.93. The summed E-state index contributed by atoms with van der Waals surface area (Å²) in [6.45, 7) is 6.36. The van der Waals surface area contributed by atoms with E-state index in [1.54, 1.807) is 0 Å². The Balaban J connectivity index is 2.70. The van der Waals surface area contributed by atoms with Gasteiger partial charge in [-0.3, -0.25) is 0 Å². The Hall–Kier alpha value is -0.730. The van der Waals surface area contributed by atoms with Crippen LogP contribution < -0.4 is 0 Å². The first-order valence-electron chi connectivity index (χ1n) is 6.50. The minimum absolute atomic E-state index is 0.451. The van der Waals surface area contributed by atoms with Crippen molar-refractivity contribution in [2.75, 3.05) is 20.4 Å². The molecule has 0 radical (unpaired) electrons. The smallest absolute Gasteiger partial charge is 0.0312 e. The van der Waals surface area contributed by atoms with Gasteiger partial charge in [0, 0.05) is 10.9 Å². The Morgan fingerprint density at radius 2 is 2.28 bits per heavy atom. The third-order valence-corrected chi connectivity index (χ3v) is 4.05. The highest BCUT2D eigenvalue weighted by molar-refractivity contribution is 8.02. The SMILES string of the molecule is C=C(CC(/C=C\C)N(C)C)C1=CC(SC)=CCC1. The van der Waals surface area contributed by atoms with E-state index in [0.717, 1.165) is 19.3 Å². The molecule has 2 heteroatoms. The van der Waals surface area contributed by atoms with Gasteiger partial charge in [0.15, 0.2) is 0 Å². The van der Waals surface area contributed by atoms with Crippen molar-refractivity contribution < 1.29 is 0 Å². The summed E-state index contributed by atoms with van der Waals surface area (Å²) in [5.74, 6) is 0. The Labute approximate surface area is 116 Å². The summed E-state index contributed by atoms with van der Waals surface area (Å²) in [5, 5.41) is 0. The molecule has 1 aliphatic rings. The van der Waals surface area contributed by atoms with Crippen LogP contribution in [0.15, 0.2) is 46.9 Å². The second-order valence-corrected chi connectivity index (χ2v) is 5.76. The van der Waals surface area contributed by atoms with Crippen molar-refractivity contribution in [1.29, 1.82) is 0 Å². The molecule has 0 saturated carbocycles. The molecule has 1 unspecified atom stereocenters. The fraction of sp³-hybridized carbons (Fsp3) is 0.500. The summed E-state index contributed by atoms with van der Waals surface area (Å²) in [7, 11) is 4.25. The molecule has 18 heavy (non-hydrogen) atoms. The number of nitrogens with zero attached hydrogens (tertiary/aromatic N) is 1. The number of hydrogen-bond acceptors (Lipinski definition) is 2. The second-order valence-electron chi connectivity index (χ2n) is 4.88. The molecule has 0 aromatic heterocycles. The predicted octanol–water partition coefficient (Wildman–Crippen LogP) is 4.41. The third kappa shape index (κ3) is 4.51. The number of allylic oxidation sites excluding steroid dienone is 4. The molecule has 0 N–H and O–H groups in total. The summed E-state index contributed by atoms with van der Waals surface area (Å²) >= 11 is 1.82. The van der Waals surface area contributed by atoms with Gasteiger partial charge in [-0.25, -0.2) is 0 Å². The van der Waals surface area contributed by atoms with E-state index < -0.39 is 0 Å². The summed E-state index contributed by atoms with van der Waals surface area (Å²) in [4.78, 5) is 3.63. The molecule has 0 heterocycles. The first kappa shape index (κ1) is 15.3. The van der Waals surface area contributed by atoms with Crippen molar-refractivity contribution >= 4 is 11.8 Å². The van der Waals surface area contributed by atoms with Crippen LogP contribution in [0.25, 0.3) is 0 Å². The van der Waals surface area contributed by atoms with Crippen LogP contribution in [0.4, 0.5) is 0 Å². The van der Waals surface area contributed by atoms with E-state index in [1.807, 2.05) is 11.8 Å². The third-order valence-electron chi connectivity index (χ3n) is 3.30. The lowest BCUT2D eigenvalue weighted by Gasteiger charge is -2.24. The number of likely N-dealkylation sites (N-methyl/N-ethyl adjacent to an activating group) is 1. The quantitative estimate of drug-likeness (QED) is 0.653. The average molecular weight is 263 g/mol. The Morgan fingerprint density at radius 3 is 2.83 bits per heavy atom. The van der Waals surface area contributed by atoms with Crippen LogP contribution in [-0.2, 0) is 0 Å². The fourth-order valence-electron chi connectivity index (χ4n) is 2.12. The van der Waals surface area contributed by atoms with Crippen LogP contribution in [0, 0.1) is 0 Å². The van der Waals surface area contributed by atoms with Crippen LogP contribution in [-0.4, -0.2) is 31.3 Å². The molecule has 0 fully saturated rings. The van der Waals surface area contributed by atoms with E-state index >= 15 is 0 Å². The summed E-state index contributed by atoms with van der Waals surface area (Å²) < 4.78 is 0. The molecule has 1 rings (SSSR count). The van der Waals surface area contributed by atoms with Gasteiger partial charge in [-0.05, 0) is 58.2 Å². The molecule has 1 nitrogen and oxygen atoms in total. The van der Waals surface area contributed by atoms with Gasteiger partial charge in [0.2, 0.25) is 0 Å². The van der Waals surface area contributed by atoms with Gasteiger partial charge in [-0.1, -0.05) is 30.4 Å². The zero-order valence-electron chi connectivity index (χ0n) is 12.1. The van der Waals surface area contributed by atoms with Gasteiger partial charge in [0.25, 0.3) is 0 Å². The summed E-state index contributed by atoms with van der Waals surface area (Å²) in [5.41, 5.74) is 2.71. The fourth-order valence-corrected chi connectivity index (χ4v) is 2.67.